The first kappa shape index (κ1) is 18.2. The maximum absolute atomic E-state index is 12.2. The van der Waals surface area contributed by atoms with Gasteiger partial charge in [0.15, 0.2) is 12.4 Å². The van der Waals surface area contributed by atoms with Crippen LogP contribution in [0.5, 0.6) is 5.75 Å². The smallest absolute Gasteiger partial charge is 0.325 e. The average Bonchev–Trinajstić information content (AvgIpc) is 3.23. The van der Waals surface area contributed by atoms with Crippen molar-refractivity contribution in [2.75, 3.05) is 5.32 Å². The van der Waals surface area contributed by atoms with Crippen LogP contribution < -0.4 is 10.1 Å². The molecule has 0 atom stereocenters. The average molecular weight is 369 g/mol. The van der Waals surface area contributed by atoms with E-state index in [0.717, 1.165) is 16.9 Å². The van der Waals surface area contributed by atoms with Crippen LogP contribution in [0.2, 0.25) is 0 Å². The summed E-state index contributed by atoms with van der Waals surface area (Å²) in [5.74, 6) is -0.713. The fraction of sp³-hybridized carbons (Fsp3) is 0.222. The second-order valence-electron chi connectivity index (χ2n) is 6.06. The van der Waals surface area contributed by atoms with Crippen LogP contribution in [-0.4, -0.2) is 36.5 Å². The number of amides is 1. The topological polar surface area (TPSA) is 111 Å². The molecule has 0 aliphatic carbocycles. The molecular weight excluding hydrogens is 350 g/mol. The first-order chi connectivity index (χ1) is 12.9. The lowest BCUT2D eigenvalue weighted by molar-refractivity contribution is -0.137. The highest BCUT2D eigenvalue weighted by molar-refractivity contribution is 6.02. The van der Waals surface area contributed by atoms with Crippen molar-refractivity contribution in [3.05, 3.63) is 59.7 Å². The Morgan fingerprint density at radius 3 is 2.78 bits per heavy atom. The SMILES string of the molecule is Cc1ccc(OCn2cc(NC(=O)c3ccn(CC(=O)O)n3)cn2)c(C)c1. The van der Waals surface area contributed by atoms with E-state index >= 15 is 0 Å². The van der Waals surface area contributed by atoms with Gasteiger partial charge < -0.3 is 15.2 Å². The number of carbonyl (C=O) groups excluding carboxylic acids is 1. The molecule has 0 saturated carbocycles. The molecule has 27 heavy (non-hydrogen) atoms. The van der Waals surface area contributed by atoms with Gasteiger partial charge in [0.25, 0.3) is 5.91 Å². The van der Waals surface area contributed by atoms with Crippen LogP contribution in [0.15, 0.2) is 42.9 Å². The van der Waals surface area contributed by atoms with E-state index in [1.165, 1.54) is 23.1 Å². The Labute approximate surface area is 155 Å². The van der Waals surface area contributed by atoms with Crippen LogP contribution in [0.25, 0.3) is 0 Å². The van der Waals surface area contributed by atoms with Gasteiger partial charge in [0.1, 0.15) is 12.3 Å². The number of carboxylic acid groups (broad SMARTS) is 1. The van der Waals surface area contributed by atoms with Crippen molar-refractivity contribution in [2.24, 2.45) is 0 Å². The van der Waals surface area contributed by atoms with Gasteiger partial charge in [-0.1, -0.05) is 17.7 Å². The van der Waals surface area contributed by atoms with Crippen LogP contribution in [0, 0.1) is 13.8 Å². The van der Waals surface area contributed by atoms with Crippen molar-refractivity contribution in [1.82, 2.24) is 19.6 Å². The molecule has 0 radical (unpaired) electrons. The van der Waals surface area contributed by atoms with Gasteiger partial charge in [-0.3, -0.25) is 14.3 Å². The van der Waals surface area contributed by atoms with Gasteiger partial charge in [-0.2, -0.15) is 10.2 Å². The van der Waals surface area contributed by atoms with Crippen molar-refractivity contribution >= 4 is 17.6 Å². The number of ether oxygens (including phenoxy) is 1. The van der Waals surface area contributed by atoms with Gasteiger partial charge >= 0.3 is 5.97 Å². The second-order valence-corrected chi connectivity index (χ2v) is 6.06. The molecule has 0 aliphatic rings. The molecule has 140 valence electrons. The molecule has 0 aliphatic heterocycles. The van der Waals surface area contributed by atoms with E-state index in [4.69, 9.17) is 9.84 Å². The number of aliphatic carboxylic acids is 1. The summed E-state index contributed by atoms with van der Waals surface area (Å²) in [7, 11) is 0. The lowest BCUT2D eigenvalue weighted by atomic mass is 10.1. The number of nitrogens with zero attached hydrogens (tertiary/aromatic N) is 4. The quantitative estimate of drug-likeness (QED) is 0.659. The van der Waals surface area contributed by atoms with E-state index in [-0.39, 0.29) is 19.0 Å². The summed E-state index contributed by atoms with van der Waals surface area (Å²) < 4.78 is 8.47. The van der Waals surface area contributed by atoms with E-state index in [2.05, 4.69) is 15.5 Å². The summed E-state index contributed by atoms with van der Waals surface area (Å²) in [5.41, 5.74) is 2.80. The number of anilines is 1. The monoisotopic (exact) mass is 369 g/mol. The Hall–Kier alpha value is -3.62. The molecule has 9 nitrogen and oxygen atoms in total. The molecule has 0 bridgehead atoms. The zero-order chi connectivity index (χ0) is 19.4. The van der Waals surface area contributed by atoms with Gasteiger partial charge in [0.2, 0.25) is 0 Å². The van der Waals surface area contributed by atoms with E-state index in [1.54, 1.807) is 10.9 Å². The molecule has 0 unspecified atom stereocenters. The zero-order valence-corrected chi connectivity index (χ0v) is 14.9. The van der Waals surface area contributed by atoms with Gasteiger partial charge in [0.05, 0.1) is 18.1 Å². The van der Waals surface area contributed by atoms with E-state index in [0.29, 0.717) is 5.69 Å². The molecule has 3 aromatic rings. The summed E-state index contributed by atoms with van der Waals surface area (Å²) >= 11 is 0. The van der Waals surface area contributed by atoms with Gasteiger partial charge in [0, 0.05) is 6.20 Å². The normalized spacial score (nSPS) is 10.6. The highest BCUT2D eigenvalue weighted by atomic mass is 16.5. The summed E-state index contributed by atoms with van der Waals surface area (Å²) in [5, 5.41) is 19.5. The van der Waals surface area contributed by atoms with Crippen molar-refractivity contribution in [2.45, 2.75) is 27.1 Å². The predicted molar refractivity (Wildman–Crippen MR) is 96.6 cm³/mol. The number of hydrogen-bond donors (Lipinski definition) is 2. The number of hydrogen-bond acceptors (Lipinski definition) is 5. The molecule has 1 amide bonds. The number of benzene rings is 1. The molecule has 0 spiro atoms. The zero-order valence-electron chi connectivity index (χ0n) is 14.9. The molecule has 2 heterocycles. The number of nitrogens with one attached hydrogen (secondary N) is 1. The van der Waals surface area contributed by atoms with Crippen molar-refractivity contribution < 1.29 is 19.4 Å². The van der Waals surface area contributed by atoms with Crippen molar-refractivity contribution in [3.8, 4) is 5.75 Å². The number of carboxylic acids is 1. The summed E-state index contributed by atoms with van der Waals surface area (Å²) in [6.45, 7) is 3.89. The molecule has 0 saturated heterocycles. The van der Waals surface area contributed by atoms with Gasteiger partial charge in [-0.25, -0.2) is 4.68 Å². The van der Waals surface area contributed by atoms with Gasteiger partial charge in [-0.15, -0.1) is 0 Å². The number of rotatable bonds is 7. The third-order valence-electron chi connectivity index (χ3n) is 3.74. The molecule has 9 heteroatoms. The Bertz CT molecular complexity index is 976. The van der Waals surface area contributed by atoms with Gasteiger partial charge in [-0.05, 0) is 31.5 Å². The third kappa shape index (κ3) is 4.72. The molecule has 2 aromatic heterocycles. The summed E-state index contributed by atoms with van der Waals surface area (Å²) in [4.78, 5) is 22.8. The predicted octanol–water partition coefficient (Wildman–Crippen LogP) is 2.07. The second kappa shape index (κ2) is 7.73. The standard InChI is InChI=1S/C18H19N5O4/c1-12-3-4-16(13(2)7-12)27-11-23-9-14(8-19-23)20-18(26)15-5-6-22(21-15)10-17(24)25/h3-9H,10-11H2,1-2H3,(H,20,26)(H,24,25). The number of carbonyl (C=O) groups is 2. The fourth-order valence-corrected chi connectivity index (χ4v) is 2.50. The Morgan fingerprint density at radius 2 is 2.04 bits per heavy atom. The van der Waals surface area contributed by atoms with E-state index in [9.17, 15) is 9.59 Å². The van der Waals surface area contributed by atoms with E-state index < -0.39 is 11.9 Å². The highest BCUT2D eigenvalue weighted by Gasteiger charge is 2.12. The van der Waals surface area contributed by atoms with Crippen LogP contribution in [0.4, 0.5) is 5.69 Å². The largest absolute Gasteiger partial charge is 0.480 e. The maximum Gasteiger partial charge on any atom is 0.325 e. The highest BCUT2D eigenvalue weighted by Crippen LogP contribution is 2.19. The first-order valence-electron chi connectivity index (χ1n) is 8.20. The molecule has 2 N–H and O–H groups in total. The van der Waals surface area contributed by atoms with E-state index in [1.807, 2.05) is 32.0 Å². The minimum Gasteiger partial charge on any atom is -0.480 e. The van der Waals surface area contributed by atoms with Crippen LogP contribution >= 0.6 is 0 Å². The fourth-order valence-electron chi connectivity index (χ4n) is 2.50. The Morgan fingerprint density at radius 1 is 1.22 bits per heavy atom. The third-order valence-corrected chi connectivity index (χ3v) is 3.74. The lowest BCUT2D eigenvalue weighted by Crippen LogP contribution is -2.14. The molecule has 3 rings (SSSR count). The van der Waals surface area contributed by atoms with Crippen LogP contribution in [-0.2, 0) is 18.1 Å². The van der Waals surface area contributed by atoms with Crippen LogP contribution in [0.3, 0.4) is 0 Å². The van der Waals surface area contributed by atoms with Crippen molar-refractivity contribution in [1.29, 1.82) is 0 Å². The Kier molecular flexibility index (Phi) is 5.20. The first-order valence-corrected chi connectivity index (χ1v) is 8.20. The number of aryl methyl sites for hydroxylation is 2. The molecule has 1 aromatic carbocycles. The Balaban J connectivity index is 1.58. The van der Waals surface area contributed by atoms with Crippen LogP contribution in [0.1, 0.15) is 21.6 Å². The minimum absolute atomic E-state index is 0.121. The molecule has 0 fully saturated rings. The van der Waals surface area contributed by atoms with Crippen molar-refractivity contribution in [3.63, 3.8) is 0 Å². The summed E-state index contributed by atoms with van der Waals surface area (Å²) in [6, 6.07) is 7.37. The maximum atomic E-state index is 12.2. The minimum atomic E-state index is -1.03. The summed E-state index contributed by atoms with van der Waals surface area (Å²) in [6.07, 6.45) is 4.57. The number of aromatic nitrogens is 4. The lowest BCUT2D eigenvalue weighted by Gasteiger charge is -2.09. The molecular formula is C18H19N5O4.